The minimum absolute atomic E-state index is 0.0445. The van der Waals surface area contributed by atoms with Crippen molar-refractivity contribution in [3.05, 3.63) is 47.2 Å². The van der Waals surface area contributed by atoms with E-state index in [2.05, 4.69) is 13.5 Å². The molecule has 4 bridgehead atoms. The van der Waals surface area contributed by atoms with E-state index in [-0.39, 0.29) is 28.7 Å². The summed E-state index contributed by atoms with van der Waals surface area (Å²) in [5.41, 5.74) is 4.42. The molecule has 0 amide bonds. The Hall–Kier alpha value is -1.90. The Kier molecular flexibility index (Phi) is 4.91. The van der Waals surface area contributed by atoms with E-state index >= 15 is 0 Å². The molecule has 0 saturated heterocycles. The molecule has 1 aromatic rings. The number of aromatic hydroxyl groups is 2. The Morgan fingerprint density at radius 2 is 1.63 bits per heavy atom. The Morgan fingerprint density at radius 1 is 1.07 bits per heavy atom. The summed E-state index contributed by atoms with van der Waals surface area (Å²) in [7, 11) is 1.68. The van der Waals surface area contributed by atoms with Crippen molar-refractivity contribution in [2.75, 3.05) is 7.11 Å². The van der Waals surface area contributed by atoms with Crippen molar-refractivity contribution in [1.29, 1.82) is 0 Å². The summed E-state index contributed by atoms with van der Waals surface area (Å²) >= 11 is 0. The highest BCUT2D eigenvalue weighted by atomic mass is 16.5. The molecule has 5 aliphatic carbocycles. The zero-order valence-corrected chi connectivity index (χ0v) is 18.5. The third kappa shape index (κ3) is 3.25. The van der Waals surface area contributed by atoms with Crippen LogP contribution in [0.3, 0.4) is 0 Å². The van der Waals surface area contributed by atoms with E-state index in [1.165, 1.54) is 49.7 Å². The maximum Gasteiger partial charge on any atom is 0.123 e. The van der Waals surface area contributed by atoms with Gasteiger partial charge in [0.15, 0.2) is 0 Å². The molecule has 30 heavy (non-hydrogen) atoms. The average molecular weight is 409 g/mol. The van der Waals surface area contributed by atoms with Gasteiger partial charge in [0.1, 0.15) is 11.5 Å². The highest BCUT2D eigenvalue weighted by Gasteiger charge is 2.52. The van der Waals surface area contributed by atoms with Gasteiger partial charge in [-0.15, -0.1) is 0 Å². The van der Waals surface area contributed by atoms with Gasteiger partial charge in [-0.1, -0.05) is 12.2 Å². The lowest BCUT2D eigenvalue weighted by atomic mass is 9.48. The predicted octanol–water partition coefficient (Wildman–Crippen LogP) is 6.56. The van der Waals surface area contributed by atoms with Gasteiger partial charge in [-0.05, 0) is 117 Å². The van der Waals surface area contributed by atoms with Crippen LogP contribution in [-0.4, -0.2) is 17.3 Å². The molecule has 5 aliphatic rings. The Bertz CT molecular complexity index is 822. The third-order valence-corrected chi connectivity index (χ3v) is 8.82. The molecule has 2 atom stereocenters. The molecular formula is C27H36O3. The van der Waals surface area contributed by atoms with Gasteiger partial charge in [-0.25, -0.2) is 0 Å². The van der Waals surface area contributed by atoms with E-state index in [9.17, 15) is 10.2 Å². The smallest absolute Gasteiger partial charge is 0.123 e. The topological polar surface area (TPSA) is 49.7 Å². The van der Waals surface area contributed by atoms with Crippen LogP contribution < -0.4 is 0 Å². The fourth-order valence-corrected chi connectivity index (χ4v) is 8.01. The van der Waals surface area contributed by atoms with Crippen molar-refractivity contribution in [3.63, 3.8) is 0 Å². The van der Waals surface area contributed by atoms with Gasteiger partial charge in [-0.3, -0.25) is 0 Å². The van der Waals surface area contributed by atoms with Crippen LogP contribution in [0.2, 0.25) is 0 Å². The zero-order chi connectivity index (χ0) is 21.0. The Balaban J connectivity index is 1.51. The van der Waals surface area contributed by atoms with Crippen molar-refractivity contribution in [2.45, 2.75) is 76.0 Å². The minimum atomic E-state index is 0.0445. The third-order valence-electron chi connectivity index (χ3n) is 8.82. The van der Waals surface area contributed by atoms with Crippen molar-refractivity contribution >= 4 is 0 Å². The van der Waals surface area contributed by atoms with Gasteiger partial charge in [-0.2, -0.15) is 0 Å². The van der Waals surface area contributed by atoms with Crippen LogP contribution in [0.25, 0.3) is 0 Å². The van der Waals surface area contributed by atoms with Gasteiger partial charge in [0.2, 0.25) is 0 Å². The van der Waals surface area contributed by atoms with Gasteiger partial charge >= 0.3 is 0 Å². The summed E-state index contributed by atoms with van der Waals surface area (Å²) < 4.78 is 5.27. The summed E-state index contributed by atoms with van der Waals surface area (Å²) in [5.74, 6) is 3.38. The molecule has 0 radical (unpaired) electrons. The zero-order valence-electron chi connectivity index (χ0n) is 18.5. The van der Waals surface area contributed by atoms with Crippen molar-refractivity contribution in [2.24, 2.45) is 23.7 Å². The number of ether oxygens (including phenoxy) is 1. The minimum Gasteiger partial charge on any atom is -0.508 e. The van der Waals surface area contributed by atoms with Gasteiger partial charge < -0.3 is 14.9 Å². The number of methoxy groups -OCH3 is 1. The second-order valence-electron chi connectivity index (χ2n) is 10.9. The maximum atomic E-state index is 11.2. The summed E-state index contributed by atoms with van der Waals surface area (Å²) in [6.45, 7) is 6.29. The summed E-state index contributed by atoms with van der Waals surface area (Å²) in [4.78, 5) is 0. The molecule has 5 saturated carbocycles. The van der Waals surface area contributed by atoms with Crippen LogP contribution >= 0.6 is 0 Å². The normalized spacial score (nSPS) is 38.7. The molecule has 1 aromatic carbocycles. The largest absolute Gasteiger partial charge is 0.508 e. The molecule has 0 aliphatic heterocycles. The van der Waals surface area contributed by atoms with E-state index in [0.29, 0.717) is 5.56 Å². The summed E-state index contributed by atoms with van der Waals surface area (Å²) in [5, 5.41) is 22.4. The highest BCUT2D eigenvalue weighted by molar-refractivity contribution is 5.52. The molecule has 162 valence electrons. The molecule has 0 aromatic heterocycles. The van der Waals surface area contributed by atoms with E-state index in [1.807, 2.05) is 18.4 Å². The standard InChI is InChI=1S/C27H36O3/c1-16(2)22-5-4-17(15-30-3)9-23(22)26-24(28)10-21(11-25(26)29)27-12-18-6-19(13-27)8-20(7-18)14-27/h10-11,15,18-20,22-23,28-29H,1,4-9,12-14H2,2-3H3/t18?,19?,20?,22-,23+,27?/m0/s1. The van der Waals surface area contributed by atoms with Crippen LogP contribution in [0.15, 0.2) is 36.1 Å². The fraction of sp³-hybridized carbons (Fsp3) is 0.630. The van der Waals surface area contributed by atoms with Crippen molar-refractivity contribution < 1.29 is 14.9 Å². The van der Waals surface area contributed by atoms with E-state index in [0.717, 1.165) is 42.6 Å². The molecule has 3 nitrogen and oxygen atoms in total. The Morgan fingerprint density at radius 3 is 2.13 bits per heavy atom. The molecule has 6 rings (SSSR count). The number of phenols is 2. The lowest BCUT2D eigenvalue weighted by Gasteiger charge is -2.57. The van der Waals surface area contributed by atoms with E-state index in [4.69, 9.17) is 4.74 Å². The molecule has 3 heteroatoms. The molecule has 0 unspecified atom stereocenters. The first-order chi connectivity index (χ1) is 14.4. The summed E-state index contributed by atoms with van der Waals surface area (Å²) in [6.07, 6.45) is 12.5. The van der Waals surface area contributed by atoms with Crippen LogP contribution in [0.4, 0.5) is 0 Å². The van der Waals surface area contributed by atoms with Gasteiger partial charge in [0.25, 0.3) is 0 Å². The predicted molar refractivity (Wildman–Crippen MR) is 120 cm³/mol. The van der Waals surface area contributed by atoms with E-state index < -0.39 is 0 Å². The number of allylic oxidation sites excluding steroid dienone is 2. The lowest BCUT2D eigenvalue weighted by molar-refractivity contribution is -0.00537. The first-order valence-electron chi connectivity index (χ1n) is 11.8. The second kappa shape index (κ2) is 7.35. The SMILES string of the molecule is C=C(C)[C@@H]1CCC(=COC)C[C@H]1c1c(O)cc(C23CC4CC(CC(C4)C2)C3)cc1O. The number of hydrogen-bond donors (Lipinski definition) is 2. The van der Waals surface area contributed by atoms with Crippen LogP contribution in [0.1, 0.15) is 81.8 Å². The molecular weight excluding hydrogens is 372 g/mol. The average Bonchev–Trinajstić information content (AvgIpc) is 2.66. The molecule has 0 heterocycles. The number of rotatable bonds is 4. The van der Waals surface area contributed by atoms with Crippen LogP contribution in [0, 0.1) is 23.7 Å². The number of phenolic OH excluding ortho intramolecular Hbond substituents is 2. The lowest BCUT2D eigenvalue weighted by Crippen LogP contribution is -2.48. The monoisotopic (exact) mass is 408 g/mol. The summed E-state index contributed by atoms with van der Waals surface area (Å²) in [6, 6.07) is 4.01. The quantitative estimate of drug-likeness (QED) is 0.438. The van der Waals surface area contributed by atoms with E-state index in [1.54, 1.807) is 7.11 Å². The highest BCUT2D eigenvalue weighted by Crippen LogP contribution is 2.61. The molecule has 2 N–H and O–H groups in total. The van der Waals surface area contributed by atoms with Gasteiger partial charge in [0, 0.05) is 11.5 Å². The van der Waals surface area contributed by atoms with Crippen molar-refractivity contribution in [3.8, 4) is 11.5 Å². The first-order valence-corrected chi connectivity index (χ1v) is 11.8. The number of hydrogen-bond acceptors (Lipinski definition) is 3. The first kappa shape index (κ1) is 20.0. The Labute approximate surface area is 180 Å². The molecule has 0 spiro atoms. The second-order valence-corrected chi connectivity index (χ2v) is 10.9. The molecule has 5 fully saturated rings. The van der Waals surface area contributed by atoms with Crippen LogP contribution in [-0.2, 0) is 10.2 Å². The van der Waals surface area contributed by atoms with Crippen molar-refractivity contribution in [1.82, 2.24) is 0 Å². The number of benzene rings is 1. The van der Waals surface area contributed by atoms with Crippen LogP contribution in [0.5, 0.6) is 11.5 Å². The maximum absolute atomic E-state index is 11.2. The van der Waals surface area contributed by atoms with Gasteiger partial charge in [0.05, 0.1) is 13.4 Å². The fourth-order valence-electron chi connectivity index (χ4n) is 8.01.